The number of hydrogen-bond donors (Lipinski definition) is 1. The molecule has 1 saturated carbocycles. The van der Waals surface area contributed by atoms with Gasteiger partial charge in [0.1, 0.15) is 0 Å². The van der Waals surface area contributed by atoms with E-state index in [9.17, 15) is 19.7 Å². The summed E-state index contributed by atoms with van der Waals surface area (Å²) in [5.41, 5.74) is 1.69. The van der Waals surface area contributed by atoms with E-state index in [4.69, 9.17) is 0 Å². The second kappa shape index (κ2) is 8.65. The van der Waals surface area contributed by atoms with E-state index < -0.39 is 4.92 Å². The lowest BCUT2D eigenvalue weighted by Crippen LogP contribution is -2.35. The number of nitro benzene ring substituents is 1. The first kappa shape index (κ1) is 19.5. The Morgan fingerprint density at radius 1 is 1.14 bits per heavy atom. The van der Waals surface area contributed by atoms with Gasteiger partial charge in [-0.15, -0.1) is 0 Å². The predicted octanol–water partition coefficient (Wildman–Crippen LogP) is 3.79. The van der Waals surface area contributed by atoms with Crippen molar-refractivity contribution < 1.29 is 14.5 Å². The number of amides is 2. The predicted molar refractivity (Wildman–Crippen MR) is 106 cm³/mol. The van der Waals surface area contributed by atoms with Crippen LogP contribution in [0.15, 0.2) is 48.5 Å². The van der Waals surface area contributed by atoms with Gasteiger partial charge in [0.05, 0.1) is 11.3 Å². The van der Waals surface area contributed by atoms with Crippen LogP contribution in [0.4, 0.5) is 11.4 Å². The lowest BCUT2D eigenvalue weighted by molar-refractivity contribution is -0.384. The van der Waals surface area contributed by atoms with E-state index in [0.717, 1.165) is 25.7 Å². The van der Waals surface area contributed by atoms with Gasteiger partial charge in [0.15, 0.2) is 0 Å². The third kappa shape index (κ3) is 4.73. The average molecular weight is 381 g/mol. The molecule has 7 nitrogen and oxygen atoms in total. The van der Waals surface area contributed by atoms with Gasteiger partial charge >= 0.3 is 0 Å². The number of benzene rings is 2. The Morgan fingerprint density at radius 2 is 1.82 bits per heavy atom. The molecule has 0 aliphatic heterocycles. The topological polar surface area (TPSA) is 92.6 Å². The number of non-ortho nitro benzene ring substituents is 1. The van der Waals surface area contributed by atoms with Crippen molar-refractivity contribution in [3.05, 3.63) is 69.8 Å². The van der Waals surface area contributed by atoms with E-state index in [1.54, 1.807) is 36.4 Å². The molecule has 0 atom stereocenters. The van der Waals surface area contributed by atoms with Gasteiger partial charge in [-0.2, -0.15) is 0 Å². The highest BCUT2D eigenvalue weighted by molar-refractivity contribution is 5.96. The molecule has 0 aromatic heterocycles. The van der Waals surface area contributed by atoms with Crippen LogP contribution in [0.2, 0.25) is 0 Å². The normalized spacial score (nSPS) is 13.9. The van der Waals surface area contributed by atoms with E-state index in [1.807, 2.05) is 11.9 Å². The van der Waals surface area contributed by atoms with E-state index >= 15 is 0 Å². The van der Waals surface area contributed by atoms with E-state index in [2.05, 4.69) is 5.32 Å². The highest BCUT2D eigenvalue weighted by Gasteiger charge is 2.24. The molecule has 2 aromatic rings. The van der Waals surface area contributed by atoms with Gasteiger partial charge in [-0.05, 0) is 42.7 Å². The number of anilines is 1. The number of carbonyl (C=O) groups is 2. The maximum atomic E-state index is 12.6. The van der Waals surface area contributed by atoms with Crippen molar-refractivity contribution in [3.63, 3.8) is 0 Å². The Morgan fingerprint density at radius 3 is 2.46 bits per heavy atom. The van der Waals surface area contributed by atoms with Gasteiger partial charge < -0.3 is 10.2 Å². The number of rotatable bonds is 6. The molecule has 7 heteroatoms. The molecule has 0 bridgehead atoms. The fraction of sp³-hybridized carbons (Fsp3) is 0.333. The zero-order valence-corrected chi connectivity index (χ0v) is 15.8. The zero-order valence-electron chi connectivity index (χ0n) is 15.8. The first-order chi connectivity index (χ1) is 13.4. The van der Waals surface area contributed by atoms with Crippen molar-refractivity contribution in [2.75, 3.05) is 12.4 Å². The van der Waals surface area contributed by atoms with Crippen LogP contribution in [-0.4, -0.2) is 34.7 Å². The van der Waals surface area contributed by atoms with Gasteiger partial charge in [-0.25, -0.2) is 0 Å². The molecule has 1 aliphatic carbocycles. The molecule has 1 fully saturated rings. The molecule has 0 radical (unpaired) electrons. The molecule has 2 aromatic carbocycles. The van der Waals surface area contributed by atoms with Crippen molar-refractivity contribution in [1.29, 1.82) is 0 Å². The van der Waals surface area contributed by atoms with E-state index in [-0.39, 0.29) is 23.9 Å². The van der Waals surface area contributed by atoms with Crippen molar-refractivity contribution in [1.82, 2.24) is 4.90 Å². The van der Waals surface area contributed by atoms with Crippen molar-refractivity contribution in [2.24, 2.45) is 0 Å². The third-order valence-corrected chi connectivity index (χ3v) is 5.09. The second-order valence-electron chi connectivity index (χ2n) is 7.08. The summed E-state index contributed by atoms with van der Waals surface area (Å²) in [6.07, 6.45) is 4.46. The number of nitro groups is 1. The largest absolute Gasteiger partial charge is 0.339 e. The van der Waals surface area contributed by atoms with Gasteiger partial charge in [0, 0.05) is 36.5 Å². The molecule has 0 saturated heterocycles. The quantitative estimate of drug-likeness (QED) is 0.609. The number of nitrogens with zero attached hydrogens (tertiary/aromatic N) is 2. The van der Waals surface area contributed by atoms with Crippen molar-refractivity contribution in [3.8, 4) is 0 Å². The minimum atomic E-state index is -0.486. The fourth-order valence-corrected chi connectivity index (χ4v) is 3.53. The summed E-state index contributed by atoms with van der Waals surface area (Å²) in [7, 11) is 1.84. The molecule has 1 aliphatic rings. The van der Waals surface area contributed by atoms with Crippen molar-refractivity contribution >= 4 is 23.2 Å². The van der Waals surface area contributed by atoms with Crippen LogP contribution in [0.3, 0.4) is 0 Å². The summed E-state index contributed by atoms with van der Waals surface area (Å²) < 4.78 is 0. The first-order valence-corrected chi connectivity index (χ1v) is 9.34. The summed E-state index contributed by atoms with van der Waals surface area (Å²) in [6.45, 7) is 0. The highest BCUT2D eigenvalue weighted by Crippen LogP contribution is 2.24. The molecule has 0 spiro atoms. The molecule has 146 valence electrons. The molecule has 28 heavy (non-hydrogen) atoms. The first-order valence-electron chi connectivity index (χ1n) is 9.34. The number of carbonyl (C=O) groups excluding carboxylic acids is 2. The van der Waals surface area contributed by atoms with Crippen LogP contribution in [0.25, 0.3) is 0 Å². The van der Waals surface area contributed by atoms with Gasteiger partial charge in [0.25, 0.3) is 11.6 Å². The molecule has 0 heterocycles. The number of nitrogens with one attached hydrogen (secondary N) is 1. The lowest BCUT2D eigenvalue weighted by atomic mass is 10.1. The van der Waals surface area contributed by atoms with Crippen LogP contribution in [0.1, 0.15) is 41.6 Å². The molecule has 2 amide bonds. The molecule has 0 unspecified atom stereocenters. The maximum absolute atomic E-state index is 12.6. The maximum Gasteiger partial charge on any atom is 0.269 e. The van der Waals surface area contributed by atoms with Crippen LogP contribution in [0, 0.1) is 10.1 Å². The van der Waals surface area contributed by atoms with Gasteiger partial charge in [0.2, 0.25) is 5.91 Å². The Labute approximate surface area is 163 Å². The smallest absolute Gasteiger partial charge is 0.269 e. The lowest BCUT2D eigenvalue weighted by Gasteiger charge is -2.24. The van der Waals surface area contributed by atoms with Crippen molar-refractivity contribution in [2.45, 2.75) is 38.1 Å². The standard InChI is InChI=1S/C21H23N3O4/c1-23(18-6-2-3-7-18)21(26)16-9-11-17(12-10-16)22-20(25)14-15-5-4-8-19(13-15)24(27)28/h4-5,8-13,18H,2-3,6-7,14H2,1H3,(H,22,25). The molecule has 1 N–H and O–H groups in total. The van der Waals surface area contributed by atoms with Crippen LogP contribution >= 0.6 is 0 Å². The molecular weight excluding hydrogens is 358 g/mol. The highest BCUT2D eigenvalue weighted by atomic mass is 16.6. The SMILES string of the molecule is CN(C(=O)c1ccc(NC(=O)Cc2cccc([N+](=O)[O-])c2)cc1)C1CCCC1. The zero-order chi connectivity index (χ0) is 20.1. The van der Waals surface area contributed by atoms with Crippen LogP contribution in [-0.2, 0) is 11.2 Å². The number of hydrogen-bond acceptors (Lipinski definition) is 4. The average Bonchev–Trinajstić information content (AvgIpc) is 3.22. The second-order valence-corrected chi connectivity index (χ2v) is 7.08. The Balaban J connectivity index is 1.59. The Bertz CT molecular complexity index is 873. The minimum Gasteiger partial charge on any atom is -0.339 e. The fourth-order valence-electron chi connectivity index (χ4n) is 3.53. The molecule has 3 rings (SSSR count). The third-order valence-electron chi connectivity index (χ3n) is 5.09. The monoisotopic (exact) mass is 381 g/mol. The van der Waals surface area contributed by atoms with Gasteiger partial charge in [-0.1, -0.05) is 25.0 Å². The summed E-state index contributed by atoms with van der Waals surface area (Å²) >= 11 is 0. The Kier molecular flexibility index (Phi) is 6.03. The van der Waals surface area contributed by atoms with E-state index in [1.165, 1.54) is 12.1 Å². The van der Waals surface area contributed by atoms with Crippen LogP contribution < -0.4 is 5.32 Å². The van der Waals surface area contributed by atoms with Crippen LogP contribution in [0.5, 0.6) is 0 Å². The summed E-state index contributed by atoms with van der Waals surface area (Å²) in [6, 6.07) is 13.1. The summed E-state index contributed by atoms with van der Waals surface area (Å²) in [4.78, 5) is 36.9. The minimum absolute atomic E-state index is 0.0126. The summed E-state index contributed by atoms with van der Waals surface area (Å²) in [5, 5.41) is 13.6. The van der Waals surface area contributed by atoms with Gasteiger partial charge in [-0.3, -0.25) is 19.7 Å². The summed E-state index contributed by atoms with van der Waals surface area (Å²) in [5.74, 6) is -0.288. The van der Waals surface area contributed by atoms with E-state index in [0.29, 0.717) is 22.9 Å². The Hall–Kier alpha value is -3.22. The molecular formula is C21H23N3O4.